The molecule has 9 nitrogen and oxygen atoms in total. The summed E-state index contributed by atoms with van der Waals surface area (Å²) in [6.07, 6.45) is -0.536. The maximum atomic E-state index is 12.5. The summed E-state index contributed by atoms with van der Waals surface area (Å²) in [7, 11) is 0. The average Bonchev–Trinajstić information content (AvgIpc) is 2.90. The molecule has 0 aromatic heterocycles. The predicted octanol–water partition coefficient (Wildman–Crippen LogP) is 1.22. The molecule has 0 saturated carbocycles. The number of hydrazine groups is 1. The van der Waals surface area contributed by atoms with Gasteiger partial charge in [-0.1, -0.05) is 0 Å². The first kappa shape index (κ1) is 21.0. The number of carbonyl (C=O) groups is 3. The summed E-state index contributed by atoms with van der Waals surface area (Å²) >= 11 is 0. The minimum Gasteiger partial charge on any atom is -0.444 e. The van der Waals surface area contributed by atoms with Crippen molar-refractivity contribution < 1.29 is 23.9 Å². The van der Waals surface area contributed by atoms with Gasteiger partial charge in [0, 0.05) is 13.1 Å². The van der Waals surface area contributed by atoms with Crippen molar-refractivity contribution in [2.75, 3.05) is 19.6 Å². The highest BCUT2D eigenvalue weighted by atomic mass is 16.6. The van der Waals surface area contributed by atoms with Crippen LogP contribution >= 0.6 is 0 Å². The van der Waals surface area contributed by atoms with Gasteiger partial charge in [-0.2, -0.15) is 0 Å². The van der Waals surface area contributed by atoms with E-state index in [1.54, 1.807) is 41.5 Å². The highest BCUT2D eigenvalue weighted by molar-refractivity contribution is 5.82. The Hall–Kier alpha value is -2.03. The van der Waals surface area contributed by atoms with E-state index in [0.717, 1.165) is 0 Å². The second-order valence-corrected chi connectivity index (χ2v) is 8.04. The van der Waals surface area contributed by atoms with E-state index in [4.69, 9.17) is 15.3 Å². The molecule has 1 saturated heterocycles. The molecule has 1 aliphatic rings. The zero-order valence-electron chi connectivity index (χ0n) is 15.9. The maximum absolute atomic E-state index is 12.5. The van der Waals surface area contributed by atoms with E-state index in [1.807, 2.05) is 5.43 Å². The molecule has 0 aromatic rings. The van der Waals surface area contributed by atoms with Crippen molar-refractivity contribution in [1.82, 2.24) is 15.2 Å². The lowest BCUT2D eigenvalue weighted by Crippen LogP contribution is -2.50. The minimum atomic E-state index is -0.696. The molecule has 25 heavy (non-hydrogen) atoms. The fourth-order valence-electron chi connectivity index (χ4n) is 2.35. The van der Waals surface area contributed by atoms with Crippen LogP contribution < -0.4 is 11.3 Å². The molecule has 0 aliphatic carbocycles. The molecular formula is C16H30N4O5. The summed E-state index contributed by atoms with van der Waals surface area (Å²) < 4.78 is 10.7. The molecule has 9 heteroatoms. The van der Waals surface area contributed by atoms with Crippen LogP contribution in [0.15, 0.2) is 0 Å². The monoisotopic (exact) mass is 358 g/mol. The number of nitrogens with zero attached hydrogens (tertiary/aromatic N) is 2. The van der Waals surface area contributed by atoms with Crippen LogP contribution in [0.4, 0.5) is 9.59 Å². The van der Waals surface area contributed by atoms with E-state index in [-0.39, 0.29) is 19.1 Å². The Morgan fingerprint density at radius 1 is 1.12 bits per heavy atom. The number of nitrogens with two attached hydrogens (primary N) is 1. The van der Waals surface area contributed by atoms with Gasteiger partial charge < -0.3 is 14.4 Å². The van der Waals surface area contributed by atoms with Crippen LogP contribution in [0.5, 0.6) is 0 Å². The summed E-state index contributed by atoms with van der Waals surface area (Å²) in [5.74, 6) is 4.62. The molecule has 144 valence electrons. The topological polar surface area (TPSA) is 114 Å². The average molecular weight is 358 g/mol. The summed E-state index contributed by atoms with van der Waals surface area (Å²) in [4.78, 5) is 39.1. The first-order valence-electron chi connectivity index (χ1n) is 8.29. The predicted molar refractivity (Wildman–Crippen MR) is 91.5 cm³/mol. The molecular weight excluding hydrogens is 328 g/mol. The lowest BCUT2D eigenvalue weighted by Gasteiger charge is -2.31. The van der Waals surface area contributed by atoms with Crippen molar-refractivity contribution in [2.24, 2.45) is 5.84 Å². The minimum absolute atomic E-state index is 0.238. The van der Waals surface area contributed by atoms with Gasteiger partial charge in [-0.05, 0) is 48.0 Å². The van der Waals surface area contributed by atoms with E-state index < -0.39 is 29.3 Å². The molecule has 0 bridgehead atoms. The third-order valence-electron chi connectivity index (χ3n) is 3.36. The molecule has 3 N–H and O–H groups in total. The first-order valence-corrected chi connectivity index (χ1v) is 8.29. The SMILES string of the molecule is CC(C)(C)OC(=O)N1CC[C@H](N(CC(=O)NN)C(=O)OC(C)(C)C)C1. The zero-order valence-corrected chi connectivity index (χ0v) is 15.9. The van der Waals surface area contributed by atoms with Gasteiger partial charge in [-0.15, -0.1) is 0 Å². The number of rotatable bonds is 3. The van der Waals surface area contributed by atoms with Crippen molar-refractivity contribution in [1.29, 1.82) is 0 Å². The van der Waals surface area contributed by atoms with Gasteiger partial charge in [0.15, 0.2) is 0 Å². The Labute approximate surface area is 148 Å². The van der Waals surface area contributed by atoms with Crippen molar-refractivity contribution in [2.45, 2.75) is 65.2 Å². The van der Waals surface area contributed by atoms with Crippen LogP contribution in [0.3, 0.4) is 0 Å². The van der Waals surface area contributed by atoms with Gasteiger partial charge in [0.25, 0.3) is 5.91 Å². The Morgan fingerprint density at radius 3 is 2.16 bits per heavy atom. The number of amides is 3. The van der Waals surface area contributed by atoms with Gasteiger partial charge in [-0.3, -0.25) is 15.1 Å². The van der Waals surface area contributed by atoms with E-state index >= 15 is 0 Å². The van der Waals surface area contributed by atoms with Crippen LogP contribution in [-0.4, -0.2) is 64.8 Å². The Bertz CT molecular complexity index is 510. The van der Waals surface area contributed by atoms with E-state index in [1.165, 1.54) is 9.80 Å². The largest absolute Gasteiger partial charge is 0.444 e. The third-order valence-corrected chi connectivity index (χ3v) is 3.36. The van der Waals surface area contributed by atoms with Gasteiger partial charge in [0.2, 0.25) is 0 Å². The second-order valence-electron chi connectivity index (χ2n) is 8.04. The number of hydrogen-bond acceptors (Lipinski definition) is 6. The summed E-state index contributed by atoms with van der Waals surface area (Å²) in [5.41, 5.74) is 0.714. The van der Waals surface area contributed by atoms with Crippen LogP contribution in [0.25, 0.3) is 0 Å². The Morgan fingerprint density at radius 2 is 1.68 bits per heavy atom. The molecule has 1 aliphatic heterocycles. The first-order chi connectivity index (χ1) is 11.3. The van der Waals surface area contributed by atoms with Crippen LogP contribution in [0, 0.1) is 0 Å². The molecule has 0 radical (unpaired) electrons. The lowest BCUT2D eigenvalue weighted by atomic mass is 10.2. The highest BCUT2D eigenvalue weighted by Crippen LogP contribution is 2.21. The normalized spacial score (nSPS) is 17.9. The second kappa shape index (κ2) is 7.90. The van der Waals surface area contributed by atoms with Gasteiger partial charge in [0.05, 0.1) is 6.04 Å². The van der Waals surface area contributed by atoms with Crippen LogP contribution in [-0.2, 0) is 14.3 Å². The molecule has 1 fully saturated rings. The van der Waals surface area contributed by atoms with Crippen LogP contribution in [0.1, 0.15) is 48.0 Å². The molecule has 0 spiro atoms. The number of nitrogens with one attached hydrogen (secondary N) is 1. The fourth-order valence-corrected chi connectivity index (χ4v) is 2.35. The van der Waals surface area contributed by atoms with Crippen molar-refractivity contribution in [3.63, 3.8) is 0 Å². The number of hydrogen-bond donors (Lipinski definition) is 2. The number of likely N-dealkylation sites (tertiary alicyclic amines) is 1. The molecule has 0 aromatic carbocycles. The summed E-state index contributed by atoms with van der Waals surface area (Å²) in [6, 6.07) is -0.348. The van der Waals surface area contributed by atoms with Gasteiger partial charge in [-0.25, -0.2) is 15.4 Å². The van der Waals surface area contributed by atoms with Gasteiger partial charge >= 0.3 is 12.2 Å². The molecule has 1 atom stereocenters. The lowest BCUT2D eigenvalue weighted by molar-refractivity contribution is -0.122. The van der Waals surface area contributed by atoms with E-state index in [9.17, 15) is 14.4 Å². The summed E-state index contributed by atoms with van der Waals surface area (Å²) in [6.45, 7) is 11.1. The number of ether oxygens (including phenoxy) is 2. The zero-order chi connectivity index (χ0) is 19.4. The maximum Gasteiger partial charge on any atom is 0.411 e. The van der Waals surface area contributed by atoms with E-state index in [0.29, 0.717) is 13.0 Å². The Balaban J connectivity index is 2.81. The molecule has 0 unspecified atom stereocenters. The van der Waals surface area contributed by atoms with Gasteiger partial charge in [0.1, 0.15) is 17.7 Å². The van der Waals surface area contributed by atoms with Crippen molar-refractivity contribution >= 4 is 18.1 Å². The number of carbonyl (C=O) groups excluding carboxylic acids is 3. The quantitative estimate of drug-likeness (QED) is 0.445. The molecule has 1 rings (SSSR count). The summed E-state index contributed by atoms with van der Waals surface area (Å²) in [5, 5.41) is 0. The Kier molecular flexibility index (Phi) is 6.64. The van der Waals surface area contributed by atoms with E-state index in [2.05, 4.69) is 0 Å². The highest BCUT2D eigenvalue weighted by Gasteiger charge is 2.37. The van der Waals surface area contributed by atoms with Crippen LogP contribution in [0.2, 0.25) is 0 Å². The fraction of sp³-hybridized carbons (Fsp3) is 0.812. The van der Waals surface area contributed by atoms with Crippen molar-refractivity contribution in [3.05, 3.63) is 0 Å². The molecule has 3 amide bonds. The molecule has 1 heterocycles. The van der Waals surface area contributed by atoms with Crippen molar-refractivity contribution in [3.8, 4) is 0 Å². The third kappa shape index (κ3) is 7.16. The smallest absolute Gasteiger partial charge is 0.411 e. The standard InChI is InChI=1S/C16H30N4O5/c1-15(2,3)24-13(22)19-8-7-11(9-19)20(10-12(21)18-17)14(23)25-16(4,5)6/h11H,7-10,17H2,1-6H3,(H,18,21)/t11-/m0/s1.